The van der Waals surface area contributed by atoms with Gasteiger partial charge in [0.1, 0.15) is 0 Å². The van der Waals surface area contributed by atoms with E-state index in [4.69, 9.17) is 0 Å². The molecule has 0 saturated heterocycles. The summed E-state index contributed by atoms with van der Waals surface area (Å²) in [6.07, 6.45) is 9.50. The Hall–Kier alpha value is -1.86. The lowest BCUT2D eigenvalue weighted by atomic mass is 10.0. The summed E-state index contributed by atoms with van der Waals surface area (Å²) in [5.74, 6) is 0. The van der Waals surface area contributed by atoms with Gasteiger partial charge in [0.15, 0.2) is 0 Å². The Labute approximate surface area is 124 Å². The van der Waals surface area contributed by atoms with Crippen LogP contribution in [-0.2, 0) is 6.42 Å². The van der Waals surface area contributed by atoms with Crippen LogP contribution in [0.4, 0.5) is 0 Å². The van der Waals surface area contributed by atoms with Gasteiger partial charge in [0.25, 0.3) is 0 Å². The topological polar surface area (TPSA) is 0 Å². The normalized spacial score (nSPS) is 12.3. The molecule has 0 nitrogen and oxygen atoms in total. The molecule has 0 aliphatic carbocycles. The van der Waals surface area contributed by atoms with Crippen molar-refractivity contribution < 1.29 is 0 Å². The number of thiophene rings is 1. The molecule has 3 rings (SSSR count). The molecule has 0 radical (unpaired) electrons. The van der Waals surface area contributed by atoms with Gasteiger partial charge in [0.05, 0.1) is 0 Å². The predicted molar refractivity (Wildman–Crippen MR) is 91.7 cm³/mol. The summed E-state index contributed by atoms with van der Waals surface area (Å²) in [6.45, 7) is 4.23. The van der Waals surface area contributed by atoms with Gasteiger partial charge < -0.3 is 0 Å². The van der Waals surface area contributed by atoms with Gasteiger partial charge in [0, 0.05) is 20.2 Å². The second kappa shape index (κ2) is 5.64. The molecule has 0 fully saturated rings. The molecule has 3 aromatic rings. The maximum Gasteiger partial charge on any atom is 0.0390 e. The van der Waals surface area contributed by atoms with Gasteiger partial charge in [-0.25, -0.2) is 0 Å². The first-order chi connectivity index (χ1) is 9.79. The van der Waals surface area contributed by atoms with Gasteiger partial charge in [-0.15, -0.1) is 11.3 Å². The van der Waals surface area contributed by atoms with Crippen LogP contribution in [0, 0.1) is 6.92 Å². The molecule has 0 aliphatic rings. The molecule has 0 unspecified atom stereocenters. The minimum atomic E-state index is 0.995. The minimum Gasteiger partial charge on any atom is -0.135 e. The second-order valence-corrected chi connectivity index (χ2v) is 6.11. The Bertz CT molecular complexity index is 803. The molecule has 0 bridgehead atoms. The summed E-state index contributed by atoms with van der Waals surface area (Å²) >= 11 is 1.91. The largest absolute Gasteiger partial charge is 0.135 e. The predicted octanol–water partition coefficient (Wildman–Crippen LogP) is 6.04. The van der Waals surface area contributed by atoms with Crippen molar-refractivity contribution in [1.29, 1.82) is 0 Å². The minimum absolute atomic E-state index is 0.995. The monoisotopic (exact) mass is 278 g/mol. The third-order valence-corrected chi connectivity index (χ3v) is 4.74. The maximum absolute atomic E-state index is 2.32. The van der Waals surface area contributed by atoms with E-state index in [2.05, 4.69) is 67.6 Å². The standard InChI is InChI=1S/C19H18S/c1-3-4-5-6-9-15-12-14(2)13-17-16-10-7-8-11-18(16)20-19(15)17/h3-8,10-13H,9H2,1-2H3/b4-3-,6-5-. The molecule has 0 spiro atoms. The van der Waals surface area contributed by atoms with Crippen molar-refractivity contribution in [2.75, 3.05) is 0 Å². The zero-order valence-electron chi connectivity index (χ0n) is 11.9. The van der Waals surface area contributed by atoms with E-state index in [1.807, 2.05) is 18.3 Å². The molecule has 1 heteroatoms. The molecule has 20 heavy (non-hydrogen) atoms. The maximum atomic E-state index is 2.32. The Balaban J connectivity index is 2.16. The van der Waals surface area contributed by atoms with Crippen LogP contribution in [0.25, 0.3) is 20.2 Å². The van der Waals surface area contributed by atoms with Crippen molar-refractivity contribution in [3.63, 3.8) is 0 Å². The number of benzene rings is 2. The fraction of sp³-hybridized carbons (Fsp3) is 0.158. The van der Waals surface area contributed by atoms with E-state index >= 15 is 0 Å². The van der Waals surface area contributed by atoms with Crippen LogP contribution in [0.15, 0.2) is 60.7 Å². The third-order valence-electron chi connectivity index (χ3n) is 3.48. The molecule has 2 aromatic carbocycles. The SMILES string of the molecule is C/C=C\C=C/Cc1cc(C)cc2c1sc1ccccc12. The molecule has 100 valence electrons. The summed E-state index contributed by atoms with van der Waals surface area (Å²) < 4.78 is 2.81. The summed E-state index contributed by atoms with van der Waals surface area (Å²) in [5, 5.41) is 2.79. The molecule has 0 N–H and O–H groups in total. The van der Waals surface area contributed by atoms with E-state index in [1.165, 1.54) is 31.3 Å². The molecular weight excluding hydrogens is 260 g/mol. The van der Waals surface area contributed by atoms with E-state index in [0.29, 0.717) is 0 Å². The Kier molecular flexibility index (Phi) is 3.70. The van der Waals surface area contributed by atoms with E-state index in [-0.39, 0.29) is 0 Å². The van der Waals surface area contributed by atoms with Gasteiger partial charge in [-0.3, -0.25) is 0 Å². The van der Waals surface area contributed by atoms with Crippen LogP contribution >= 0.6 is 11.3 Å². The molecule has 1 heterocycles. The summed E-state index contributed by atoms with van der Waals surface area (Å²) in [5.41, 5.74) is 2.78. The summed E-state index contributed by atoms with van der Waals surface area (Å²) in [4.78, 5) is 0. The highest BCUT2D eigenvalue weighted by Gasteiger charge is 2.08. The van der Waals surface area contributed by atoms with Crippen LogP contribution in [0.5, 0.6) is 0 Å². The van der Waals surface area contributed by atoms with Crippen LogP contribution in [0.2, 0.25) is 0 Å². The lowest BCUT2D eigenvalue weighted by Gasteiger charge is -2.02. The number of hydrogen-bond acceptors (Lipinski definition) is 1. The Morgan fingerprint density at radius 1 is 1.05 bits per heavy atom. The number of hydrogen-bond donors (Lipinski definition) is 0. The van der Waals surface area contributed by atoms with Crippen molar-refractivity contribution >= 4 is 31.5 Å². The Morgan fingerprint density at radius 3 is 2.75 bits per heavy atom. The highest BCUT2D eigenvalue weighted by atomic mass is 32.1. The van der Waals surface area contributed by atoms with Crippen molar-refractivity contribution in [3.8, 4) is 0 Å². The summed E-state index contributed by atoms with van der Waals surface area (Å²) in [6, 6.07) is 13.3. The van der Waals surface area contributed by atoms with E-state index < -0.39 is 0 Å². The highest BCUT2D eigenvalue weighted by molar-refractivity contribution is 7.26. The average Bonchev–Trinajstić information content (AvgIpc) is 2.82. The van der Waals surface area contributed by atoms with Crippen molar-refractivity contribution in [1.82, 2.24) is 0 Å². The number of aryl methyl sites for hydroxylation is 1. The second-order valence-electron chi connectivity index (χ2n) is 5.06. The highest BCUT2D eigenvalue weighted by Crippen LogP contribution is 2.36. The van der Waals surface area contributed by atoms with Crippen LogP contribution in [-0.4, -0.2) is 0 Å². The third kappa shape index (κ3) is 2.41. The lowest BCUT2D eigenvalue weighted by Crippen LogP contribution is -1.83. The molecule has 1 aromatic heterocycles. The van der Waals surface area contributed by atoms with Gasteiger partial charge in [-0.2, -0.15) is 0 Å². The number of allylic oxidation sites excluding steroid dienone is 4. The van der Waals surface area contributed by atoms with E-state index in [1.54, 1.807) is 0 Å². The van der Waals surface area contributed by atoms with Crippen LogP contribution in [0.1, 0.15) is 18.1 Å². The fourth-order valence-electron chi connectivity index (χ4n) is 2.59. The smallest absolute Gasteiger partial charge is 0.0390 e. The molecule has 0 atom stereocenters. The zero-order valence-corrected chi connectivity index (χ0v) is 12.7. The van der Waals surface area contributed by atoms with Crippen molar-refractivity contribution in [3.05, 3.63) is 71.8 Å². The van der Waals surface area contributed by atoms with Gasteiger partial charge in [0.2, 0.25) is 0 Å². The molecule has 0 amide bonds. The quantitative estimate of drug-likeness (QED) is 0.512. The first-order valence-electron chi connectivity index (χ1n) is 6.98. The van der Waals surface area contributed by atoms with Crippen LogP contribution in [0.3, 0.4) is 0 Å². The van der Waals surface area contributed by atoms with E-state index in [0.717, 1.165) is 6.42 Å². The van der Waals surface area contributed by atoms with Gasteiger partial charge in [-0.05, 0) is 38.0 Å². The number of fused-ring (bicyclic) bond motifs is 3. The molecular formula is C19H18S. The molecule has 0 saturated carbocycles. The summed E-state index contributed by atoms with van der Waals surface area (Å²) in [7, 11) is 0. The molecule has 0 aliphatic heterocycles. The Morgan fingerprint density at radius 2 is 1.90 bits per heavy atom. The van der Waals surface area contributed by atoms with Gasteiger partial charge in [-0.1, -0.05) is 54.1 Å². The first kappa shape index (κ1) is 13.1. The number of rotatable bonds is 3. The van der Waals surface area contributed by atoms with Crippen molar-refractivity contribution in [2.45, 2.75) is 20.3 Å². The average molecular weight is 278 g/mol. The van der Waals surface area contributed by atoms with Gasteiger partial charge >= 0.3 is 0 Å². The fourth-order valence-corrected chi connectivity index (χ4v) is 3.80. The first-order valence-corrected chi connectivity index (χ1v) is 7.80. The van der Waals surface area contributed by atoms with E-state index in [9.17, 15) is 0 Å². The zero-order chi connectivity index (χ0) is 13.9. The van der Waals surface area contributed by atoms with Crippen LogP contribution < -0.4 is 0 Å². The lowest BCUT2D eigenvalue weighted by molar-refractivity contribution is 1.29. The van der Waals surface area contributed by atoms with Crippen molar-refractivity contribution in [2.24, 2.45) is 0 Å².